The maximum absolute atomic E-state index is 11.6. The summed E-state index contributed by atoms with van der Waals surface area (Å²) in [5.41, 5.74) is 2.55. The van der Waals surface area contributed by atoms with E-state index >= 15 is 0 Å². The molecule has 2 rings (SSSR count). The first kappa shape index (κ1) is 16.7. The van der Waals surface area contributed by atoms with Gasteiger partial charge in [-0.15, -0.1) is 0 Å². The van der Waals surface area contributed by atoms with E-state index in [0.29, 0.717) is 22.0 Å². The molecule has 3 nitrogen and oxygen atoms in total. The molecule has 116 valence electrons. The van der Waals surface area contributed by atoms with Crippen molar-refractivity contribution in [2.45, 2.75) is 12.3 Å². The standard InChI is InChI=1S/C17H17Cl2NO2/c1-20(2)13-6-3-11(4-7-13)9-15(17(21)22)14-10-12(18)5-8-16(14)19/h3-8,10,15H,9H2,1-2H3,(H,21,22). The van der Waals surface area contributed by atoms with Gasteiger partial charge in [0.15, 0.2) is 0 Å². The summed E-state index contributed by atoms with van der Waals surface area (Å²) in [5.74, 6) is -1.64. The summed E-state index contributed by atoms with van der Waals surface area (Å²) >= 11 is 12.1. The minimum atomic E-state index is -0.916. The topological polar surface area (TPSA) is 40.5 Å². The molecule has 0 aliphatic carbocycles. The van der Waals surface area contributed by atoms with E-state index in [9.17, 15) is 9.90 Å². The summed E-state index contributed by atoms with van der Waals surface area (Å²) in [5, 5.41) is 10.4. The van der Waals surface area contributed by atoms with Crippen molar-refractivity contribution < 1.29 is 9.90 Å². The van der Waals surface area contributed by atoms with E-state index in [1.807, 2.05) is 43.3 Å². The fourth-order valence-corrected chi connectivity index (χ4v) is 2.71. The predicted molar refractivity (Wildman–Crippen MR) is 91.3 cm³/mol. The Labute approximate surface area is 140 Å². The number of carboxylic acids is 1. The first-order chi connectivity index (χ1) is 10.4. The van der Waals surface area contributed by atoms with Crippen LogP contribution in [-0.2, 0) is 11.2 Å². The van der Waals surface area contributed by atoms with Gasteiger partial charge in [-0.2, -0.15) is 0 Å². The van der Waals surface area contributed by atoms with Crippen molar-refractivity contribution in [3.8, 4) is 0 Å². The molecule has 0 heterocycles. The molecule has 0 bridgehead atoms. The normalized spacial score (nSPS) is 12.0. The van der Waals surface area contributed by atoms with E-state index in [4.69, 9.17) is 23.2 Å². The molecule has 0 saturated heterocycles. The molecule has 0 radical (unpaired) electrons. The predicted octanol–water partition coefficient (Wildman–Crippen LogP) is 4.47. The lowest BCUT2D eigenvalue weighted by molar-refractivity contribution is -0.138. The van der Waals surface area contributed by atoms with Gasteiger partial charge < -0.3 is 10.0 Å². The van der Waals surface area contributed by atoms with E-state index in [0.717, 1.165) is 11.3 Å². The number of carboxylic acid groups (broad SMARTS) is 1. The molecular formula is C17H17Cl2NO2. The highest BCUT2D eigenvalue weighted by Gasteiger charge is 2.23. The van der Waals surface area contributed by atoms with Gasteiger partial charge in [0.1, 0.15) is 0 Å². The minimum Gasteiger partial charge on any atom is -0.481 e. The minimum absolute atomic E-state index is 0.364. The van der Waals surface area contributed by atoms with Crippen LogP contribution < -0.4 is 4.90 Å². The van der Waals surface area contributed by atoms with E-state index in [1.165, 1.54) is 0 Å². The maximum Gasteiger partial charge on any atom is 0.311 e. The first-order valence-corrected chi connectivity index (χ1v) is 7.58. The first-order valence-electron chi connectivity index (χ1n) is 6.82. The van der Waals surface area contributed by atoms with E-state index in [-0.39, 0.29) is 0 Å². The number of rotatable bonds is 5. The SMILES string of the molecule is CN(C)c1ccc(CC(C(=O)O)c2cc(Cl)ccc2Cl)cc1. The molecule has 0 aliphatic heterocycles. The second-order valence-corrected chi connectivity index (χ2v) is 6.17. The highest BCUT2D eigenvalue weighted by molar-refractivity contribution is 6.33. The van der Waals surface area contributed by atoms with Crippen LogP contribution in [0.5, 0.6) is 0 Å². The van der Waals surface area contributed by atoms with Crippen LogP contribution in [0.3, 0.4) is 0 Å². The summed E-state index contributed by atoms with van der Waals surface area (Å²) < 4.78 is 0. The molecular weight excluding hydrogens is 321 g/mol. The molecule has 0 amide bonds. The number of halogens is 2. The van der Waals surface area contributed by atoms with Gasteiger partial charge >= 0.3 is 5.97 Å². The Morgan fingerprint density at radius 3 is 2.32 bits per heavy atom. The van der Waals surface area contributed by atoms with Gasteiger partial charge in [0, 0.05) is 29.8 Å². The van der Waals surface area contributed by atoms with E-state index in [1.54, 1.807) is 18.2 Å². The average Bonchev–Trinajstić information content (AvgIpc) is 2.47. The van der Waals surface area contributed by atoms with Crippen LogP contribution in [-0.4, -0.2) is 25.2 Å². The van der Waals surface area contributed by atoms with Crippen molar-refractivity contribution in [1.29, 1.82) is 0 Å². The fraction of sp³-hybridized carbons (Fsp3) is 0.235. The number of aliphatic carboxylic acids is 1. The highest BCUT2D eigenvalue weighted by Crippen LogP contribution is 2.30. The van der Waals surface area contributed by atoms with E-state index < -0.39 is 11.9 Å². The van der Waals surface area contributed by atoms with Gasteiger partial charge in [-0.25, -0.2) is 0 Å². The Bertz CT molecular complexity index is 669. The third-order valence-electron chi connectivity index (χ3n) is 3.52. The number of benzene rings is 2. The monoisotopic (exact) mass is 337 g/mol. The molecule has 2 aromatic rings. The molecule has 5 heteroatoms. The van der Waals surface area contributed by atoms with Crippen molar-refractivity contribution in [3.63, 3.8) is 0 Å². The molecule has 1 unspecified atom stereocenters. The van der Waals surface area contributed by atoms with Gasteiger partial charge in [-0.1, -0.05) is 35.3 Å². The summed E-state index contributed by atoms with van der Waals surface area (Å²) in [6, 6.07) is 12.7. The van der Waals surface area contributed by atoms with Crippen LogP contribution in [0.4, 0.5) is 5.69 Å². The number of nitrogens with zero attached hydrogens (tertiary/aromatic N) is 1. The van der Waals surface area contributed by atoms with Crippen LogP contribution in [0.15, 0.2) is 42.5 Å². The summed E-state index contributed by atoms with van der Waals surface area (Å²) in [7, 11) is 3.92. The third-order valence-corrected chi connectivity index (χ3v) is 4.10. The third kappa shape index (κ3) is 3.93. The lowest BCUT2D eigenvalue weighted by Gasteiger charge is -2.16. The zero-order valence-corrected chi connectivity index (χ0v) is 13.9. The molecule has 0 aliphatic rings. The van der Waals surface area contributed by atoms with Gasteiger partial charge in [-0.05, 0) is 47.9 Å². The van der Waals surface area contributed by atoms with Crippen LogP contribution in [0, 0.1) is 0 Å². The van der Waals surface area contributed by atoms with Crippen molar-refractivity contribution in [2.75, 3.05) is 19.0 Å². The van der Waals surface area contributed by atoms with Crippen LogP contribution in [0.1, 0.15) is 17.0 Å². The van der Waals surface area contributed by atoms with Gasteiger partial charge in [0.2, 0.25) is 0 Å². The van der Waals surface area contributed by atoms with Crippen LogP contribution >= 0.6 is 23.2 Å². The molecule has 1 atom stereocenters. The highest BCUT2D eigenvalue weighted by atomic mass is 35.5. The largest absolute Gasteiger partial charge is 0.481 e. The maximum atomic E-state index is 11.6. The Kier molecular flexibility index (Phi) is 5.33. The molecule has 2 aromatic carbocycles. The van der Waals surface area contributed by atoms with Crippen molar-refractivity contribution >= 4 is 34.9 Å². The van der Waals surface area contributed by atoms with Crippen molar-refractivity contribution in [3.05, 3.63) is 63.6 Å². The molecule has 0 spiro atoms. The summed E-state index contributed by atoms with van der Waals surface area (Å²) in [4.78, 5) is 13.6. The Balaban J connectivity index is 2.29. The van der Waals surface area contributed by atoms with E-state index in [2.05, 4.69) is 0 Å². The molecule has 0 aromatic heterocycles. The second kappa shape index (κ2) is 7.03. The molecule has 22 heavy (non-hydrogen) atoms. The zero-order valence-electron chi connectivity index (χ0n) is 12.4. The zero-order chi connectivity index (χ0) is 16.3. The van der Waals surface area contributed by atoms with Gasteiger partial charge in [-0.3, -0.25) is 4.79 Å². The smallest absolute Gasteiger partial charge is 0.311 e. The average molecular weight is 338 g/mol. The molecule has 0 saturated carbocycles. The quantitative estimate of drug-likeness (QED) is 0.874. The fourth-order valence-electron chi connectivity index (χ4n) is 2.28. The van der Waals surface area contributed by atoms with Crippen LogP contribution in [0.2, 0.25) is 10.0 Å². The molecule has 0 fully saturated rings. The number of carbonyl (C=O) groups is 1. The molecule has 1 N–H and O–H groups in total. The van der Waals surface area contributed by atoms with Crippen molar-refractivity contribution in [2.24, 2.45) is 0 Å². The lowest BCUT2D eigenvalue weighted by atomic mass is 9.92. The Hall–Kier alpha value is -1.71. The van der Waals surface area contributed by atoms with Crippen LogP contribution in [0.25, 0.3) is 0 Å². The van der Waals surface area contributed by atoms with Gasteiger partial charge in [0.05, 0.1) is 5.92 Å². The van der Waals surface area contributed by atoms with Crippen molar-refractivity contribution in [1.82, 2.24) is 0 Å². The Morgan fingerprint density at radius 2 is 1.77 bits per heavy atom. The van der Waals surface area contributed by atoms with Gasteiger partial charge in [0.25, 0.3) is 0 Å². The number of hydrogen-bond donors (Lipinski definition) is 1. The number of hydrogen-bond acceptors (Lipinski definition) is 2. The lowest BCUT2D eigenvalue weighted by Crippen LogP contribution is -2.15. The summed E-state index contributed by atoms with van der Waals surface area (Å²) in [6.07, 6.45) is 0.364. The Morgan fingerprint density at radius 1 is 1.14 bits per heavy atom. The number of anilines is 1. The second-order valence-electron chi connectivity index (χ2n) is 5.32. The summed E-state index contributed by atoms with van der Waals surface area (Å²) in [6.45, 7) is 0.